The summed E-state index contributed by atoms with van der Waals surface area (Å²) in [6.45, 7) is 9.64. The molecule has 5 heteroatoms. The molecule has 2 N–H and O–H groups in total. The fraction of sp³-hybridized carbons (Fsp3) is 0.692. The number of aryl methyl sites for hydroxylation is 1. The van der Waals surface area contributed by atoms with Crippen LogP contribution < -0.4 is 10.6 Å². The molecule has 0 atom stereocenters. The molecule has 0 saturated heterocycles. The van der Waals surface area contributed by atoms with Crippen LogP contribution in [0.3, 0.4) is 0 Å². The molecule has 102 valence electrons. The summed E-state index contributed by atoms with van der Waals surface area (Å²) < 4.78 is 0. The lowest BCUT2D eigenvalue weighted by Gasteiger charge is -2.20. The third-order valence-corrected chi connectivity index (χ3v) is 3.36. The molecule has 0 radical (unpaired) electrons. The molecule has 0 aliphatic carbocycles. The van der Waals surface area contributed by atoms with Gasteiger partial charge in [-0.2, -0.15) is 0 Å². The number of nitrogens with zero attached hydrogens (tertiary/aromatic N) is 1. The molecule has 1 aromatic heterocycles. The monoisotopic (exact) mass is 269 g/mol. The maximum atomic E-state index is 11.6. The van der Waals surface area contributed by atoms with Crippen LogP contribution in [0.5, 0.6) is 0 Å². The number of thiazole rings is 1. The standard InChI is InChI=1S/C13H23N3OS/c1-10-9-18-12(16-10)6-7-14-11(17)5-8-15-13(2,3)4/h9,15H,5-8H2,1-4H3,(H,14,17). The quantitative estimate of drug-likeness (QED) is 0.829. The van der Waals surface area contributed by atoms with Gasteiger partial charge in [0.15, 0.2) is 0 Å². The summed E-state index contributed by atoms with van der Waals surface area (Å²) in [6.07, 6.45) is 1.34. The maximum absolute atomic E-state index is 11.6. The molecule has 0 fully saturated rings. The van der Waals surface area contributed by atoms with E-state index in [1.54, 1.807) is 11.3 Å². The molecule has 0 aromatic carbocycles. The number of amides is 1. The highest BCUT2D eigenvalue weighted by molar-refractivity contribution is 7.09. The van der Waals surface area contributed by atoms with Crippen LogP contribution >= 0.6 is 11.3 Å². The first-order valence-corrected chi connectivity index (χ1v) is 7.17. The van der Waals surface area contributed by atoms with E-state index in [0.29, 0.717) is 19.5 Å². The fourth-order valence-electron chi connectivity index (χ4n) is 1.47. The van der Waals surface area contributed by atoms with Gasteiger partial charge in [-0.15, -0.1) is 11.3 Å². The Bertz CT molecular complexity index is 382. The Morgan fingerprint density at radius 1 is 1.39 bits per heavy atom. The molecule has 4 nitrogen and oxygen atoms in total. The molecule has 0 unspecified atom stereocenters. The molecule has 1 rings (SSSR count). The first-order valence-electron chi connectivity index (χ1n) is 6.29. The van der Waals surface area contributed by atoms with E-state index in [4.69, 9.17) is 0 Å². The van der Waals surface area contributed by atoms with Crippen LogP contribution in [0.1, 0.15) is 37.9 Å². The van der Waals surface area contributed by atoms with E-state index < -0.39 is 0 Å². The van der Waals surface area contributed by atoms with Crippen LogP contribution in [0.4, 0.5) is 0 Å². The summed E-state index contributed by atoms with van der Waals surface area (Å²) in [6, 6.07) is 0. The van der Waals surface area contributed by atoms with Gasteiger partial charge in [-0.1, -0.05) is 0 Å². The Morgan fingerprint density at radius 3 is 2.67 bits per heavy atom. The molecule has 0 spiro atoms. The van der Waals surface area contributed by atoms with Crippen molar-refractivity contribution < 1.29 is 4.79 Å². The van der Waals surface area contributed by atoms with Crippen molar-refractivity contribution in [1.82, 2.24) is 15.6 Å². The first kappa shape index (κ1) is 15.1. The van der Waals surface area contributed by atoms with Crippen molar-refractivity contribution >= 4 is 17.2 Å². The molecule has 0 aliphatic rings. The van der Waals surface area contributed by atoms with Crippen LogP contribution in [-0.2, 0) is 11.2 Å². The van der Waals surface area contributed by atoms with Gasteiger partial charge >= 0.3 is 0 Å². The molecular formula is C13H23N3OS. The number of rotatable bonds is 6. The Labute approximate surface area is 113 Å². The zero-order valence-corrected chi connectivity index (χ0v) is 12.5. The van der Waals surface area contributed by atoms with Gasteiger partial charge in [0.1, 0.15) is 0 Å². The third kappa shape index (κ3) is 6.71. The second-order valence-electron chi connectivity index (χ2n) is 5.41. The lowest BCUT2D eigenvalue weighted by atomic mass is 10.1. The third-order valence-electron chi connectivity index (χ3n) is 2.33. The number of nitrogens with one attached hydrogen (secondary N) is 2. The van der Waals surface area contributed by atoms with Gasteiger partial charge in [-0.3, -0.25) is 4.79 Å². The van der Waals surface area contributed by atoms with Gasteiger partial charge in [0, 0.05) is 42.5 Å². The zero-order valence-electron chi connectivity index (χ0n) is 11.7. The molecule has 1 amide bonds. The summed E-state index contributed by atoms with van der Waals surface area (Å²) in [5.41, 5.74) is 1.12. The van der Waals surface area contributed by atoms with E-state index in [1.165, 1.54) is 0 Å². The highest BCUT2D eigenvalue weighted by atomic mass is 32.1. The minimum atomic E-state index is 0.0682. The van der Waals surface area contributed by atoms with Gasteiger partial charge < -0.3 is 10.6 Å². The van der Waals surface area contributed by atoms with Crippen molar-refractivity contribution in [1.29, 1.82) is 0 Å². The average molecular weight is 269 g/mol. The largest absolute Gasteiger partial charge is 0.356 e. The molecule has 0 bridgehead atoms. The summed E-state index contributed by atoms with van der Waals surface area (Å²) >= 11 is 1.65. The Balaban J connectivity index is 2.10. The Hall–Kier alpha value is -0.940. The van der Waals surface area contributed by atoms with E-state index in [0.717, 1.165) is 17.1 Å². The predicted octanol–water partition coefficient (Wildman–Crippen LogP) is 1.89. The van der Waals surface area contributed by atoms with Crippen LogP contribution in [0, 0.1) is 6.92 Å². The molecule has 18 heavy (non-hydrogen) atoms. The van der Waals surface area contributed by atoms with Crippen molar-refractivity contribution in [3.8, 4) is 0 Å². The molecule has 1 aromatic rings. The summed E-state index contributed by atoms with van der Waals surface area (Å²) in [5.74, 6) is 0.0972. The summed E-state index contributed by atoms with van der Waals surface area (Å²) in [7, 11) is 0. The van der Waals surface area contributed by atoms with E-state index >= 15 is 0 Å². The highest BCUT2D eigenvalue weighted by Crippen LogP contribution is 2.08. The lowest BCUT2D eigenvalue weighted by Crippen LogP contribution is -2.38. The zero-order chi connectivity index (χ0) is 13.6. The molecular weight excluding hydrogens is 246 g/mol. The lowest BCUT2D eigenvalue weighted by molar-refractivity contribution is -0.121. The minimum Gasteiger partial charge on any atom is -0.356 e. The fourth-order valence-corrected chi connectivity index (χ4v) is 2.24. The van der Waals surface area contributed by atoms with E-state index in [1.807, 2.05) is 12.3 Å². The SMILES string of the molecule is Cc1csc(CCNC(=O)CCNC(C)(C)C)n1. The van der Waals surface area contributed by atoms with Gasteiger partial charge in [-0.25, -0.2) is 4.98 Å². The number of hydrogen-bond acceptors (Lipinski definition) is 4. The van der Waals surface area contributed by atoms with Gasteiger partial charge in [-0.05, 0) is 27.7 Å². The number of aromatic nitrogens is 1. The van der Waals surface area contributed by atoms with Crippen LogP contribution in [0.2, 0.25) is 0 Å². The second-order valence-corrected chi connectivity index (χ2v) is 6.35. The topological polar surface area (TPSA) is 54.0 Å². The van der Waals surface area contributed by atoms with Crippen molar-refractivity contribution in [2.24, 2.45) is 0 Å². The molecule has 0 aliphatic heterocycles. The normalized spacial score (nSPS) is 11.6. The number of carbonyl (C=O) groups excluding carboxylic acids is 1. The average Bonchev–Trinajstić information content (AvgIpc) is 2.62. The van der Waals surface area contributed by atoms with Gasteiger partial charge in [0.05, 0.1) is 5.01 Å². The van der Waals surface area contributed by atoms with Crippen LogP contribution in [0.15, 0.2) is 5.38 Å². The minimum absolute atomic E-state index is 0.0682. The smallest absolute Gasteiger partial charge is 0.221 e. The van der Waals surface area contributed by atoms with Crippen molar-refractivity contribution in [3.63, 3.8) is 0 Å². The number of carbonyl (C=O) groups is 1. The molecule has 1 heterocycles. The van der Waals surface area contributed by atoms with Crippen LogP contribution in [-0.4, -0.2) is 29.5 Å². The summed E-state index contributed by atoms with van der Waals surface area (Å²) in [4.78, 5) is 15.9. The highest BCUT2D eigenvalue weighted by Gasteiger charge is 2.09. The van der Waals surface area contributed by atoms with Crippen LogP contribution in [0.25, 0.3) is 0 Å². The van der Waals surface area contributed by atoms with E-state index in [-0.39, 0.29) is 11.4 Å². The van der Waals surface area contributed by atoms with Gasteiger partial charge in [0.25, 0.3) is 0 Å². The van der Waals surface area contributed by atoms with E-state index in [9.17, 15) is 4.79 Å². The Morgan fingerprint density at radius 2 is 2.11 bits per heavy atom. The Kier molecular flexibility index (Phi) is 5.75. The van der Waals surface area contributed by atoms with E-state index in [2.05, 4.69) is 36.4 Å². The predicted molar refractivity (Wildman–Crippen MR) is 75.9 cm³/mol. The maximum Gasteiger partial charge on any atom is 0.221 e. The second kappa shape index (κ2) is 6.85. The molecule has 0 saturated carbocycles. The summed E-state index contributed by atoms with van der Waals surface area (Å²) in [5, 5.41) is 9.32. The van der Waals surface area contributed by atoms with Crippen molar-refractivity contribution in [3.05, 3.63) is 16.1 Å². The first-order chi connectivity index (χ1) is 8.37. The van der Waals surface area contributed by atoms with Crippen molar-refractivity contribution in [2.75, 3.05) is 13.1 Å². The van der Waals surface area contributed by atoms with Gasteiger partial charge in [0.2, 0.25) is 5.91 Å². The number of hydrogen-bond donors (Lipinski definition) is 2. The van der Waals surface area contributed by atoms with Crippen molar-refractivity contribution in [2.45, 2.75) is 46.1 Å².